The molecule has 0 N–H and O–H groups in total. The summed E-state index contributed by atoms with van der Waals surface area (Å²) in [5, 5.41) is 9.69. The van der Waals surface area contributed by atoms with Gasteiger partial charge in [-0.3, -0.25) is 0 Å². The van der Waals surface area contributed by atoms with Crippen molar-refractivity contribution in [3.8, 4) is 11.5 Å². The Labute approximate surface area is 162 Å². The van der Waals surface area contributed by atoms with Gasteiger partial charge in [0.15, 0.2) is 5.16 Å². The number of aromatic nitrogens is 4. The van der Waals surface area contributed by atoms with E-state index >= 15 is 0 Å². The van der Waals surface area contributed by atoms with Crippen LogP contribution in [0.15, 0.2) is 76.5 Å². The lowest BCUT2D eigenvalue weighted by molar-refractivity contribution is 0.573. The van der Waals surface area contributed by atoms with E-state index in [0.717, 1.165) is 35.2 Å². The fourth-order valence-electron chi connectivity index (χ4n) is 2.88. The van der Waals surface area contributed by atoms with Crippen molar-refractivity contribution in [3.05, 3.63) is 84.0 Å². The van der Waals surface area contributed by atoms with Crippen molar-refractivity contribution in [3.63, 3.8) is 0 Å². The summed E-state index contributed by atoms with van der Waals surface area (Å²) in [6.07, 6.45) is 2.50. The van der Waals surface area contributed by atoms with Crippen molar-refractivity contribution in [2.24, 2.45) is 0 Å². The van der Waals surface area contributed by atoms with Gasteiger partial charge in [0.05, 0.1) is 5.69 Å². The molecule has 136 valence electrons. The molecule has 0 spiro atoms. The summed E-state index contributed by atoms with van der Waals surface area (Å²) in [5.74, 6) is 2.32. The van der Waals surface area contributed by atoms with Gasteiger partial charge in [0, 0.05) is 24.3 Å². The number of thioether (sulfide) groups is 1. The SMILES string of the molecule is CCn1c(Cc2ccccc2)nnc1SCc1coc(-c2ccccc2)n1. The zero-order chi connectivity index (χ0) is 18.5. The molecular weight excluding hydrogens is 356 g/mol. The average Bonchev–Trinajstić information content (AvgIpc) is 3.34. The summed E-state index contributed by atoms with van der Waals surface area (Å²) in [7, 11) is 0. The maximum absolute atomic E-state index is 5.61. The predicted molar refractivity (Wildman–Crippen MR) is 106 cm³/mol. The van der Waals surface area contributed by atoms with Gasteiger partial charge >= 0.3 is 0 Å². The topological polar surface area (TPSA) is 56.7 Å². The molecule has 0 saturated heterocycles. The van der Waals surface area contributed by atoms with Crippen LogP contribution in [0.3, 0.4) is 0 Å². The van der Waals surface area contributed by atoms with Crippen LogP contribution >= 0.6 is 11.8 Å². The van der Waals surface area contributed by atoms with Crippen LogP contribution < -0.4 is 0 Å². The second-order valence-corrected chi connectivity index (χ2v) is 7.05. The van der Waals surface area contributed by atoms with E-state index in [4.69, 9.17) is 4.42 Å². The molecule has 0 bridgehead atoms. The Bertz CT molecular complexity index is 995. The zero-order valence-electron chi connectivity index (χ0n) is 15.1. The normalized spacial score (nSPS) is 11.0. The Morgan fingerprint density at radius 1 is 0.963 bits per heavy atom. The minimum absolute atomic E-state index is 0.646. The van der Waals surface area contributed by atoms with Gasteiger partial charge < -0.3 is 8.98 Å². The lowest BCUT2D eigenvalue weighted by atomic mass is 10.1. The van der Waals surface area contributed by atoms with Crippen LogP contribution in [0.1, 0.15) is 24.0 Å². The van der Waals surface area contributed by atoms with E-state index in [9.17, 15) is 0 Å². The highest BCUT2D eigenvalue weighted by molar-refractivity contribution is 7.98. The van der Waals surface area contributed by atoms with Gasteiger partial charge in [0.1, 0.15) is 12.1 Å². The first-order chi connectivity index (χ1) is 13.3. The van der Waals surface area contributed by atoms with E-state index in [-0.39, 0.29) is 0 Å². The number of rotatable bonds is 7. The predicted octanol–water partition coefficient (Wildman–Crippen LogP) is 4.84. The Morgan fingerprint density at radius 3 is 2.44 bits per heavy atom. The summed E-state index contributed by atoms with van der Waals surface area (Å²) in [6.45, 7) is 2.96. The molecule has 0 unspecified atom stereocenters. The number of benzene rings is 2. The first kappa shape index (κ1) is 17.5. The quantitative estimate of drug-likeness (QED) is 0.432. The van der Waals surface area contributed by atoms with Crippen molar-refractivity contribution in [1.29, 1.82) is 0 Å². The van der Waals surface area contributed by atoms with Crippen molar-refractivity contribution >= 4 is 11.8 Å². The molecular formula is C21H20N4OS. The summed E-state index contributed by atoms with van der Waals surface area (Å²) in [4.78, 5) is 4.58. The maximum atomic E-state index is 5.61. The second kappa shape index (κ2) is 8.22. The van der Waals surface area contributed by atoms with Gasteiger partial charge in [0.25, 0.3) is 0 Å². The number of nitrogens with zero attached hydrogens (tertiary/aromatic N) is 4. The summed E-state index contributed by atoms with van der Waals surface area (Å²) in [6, 6.07) is 20.3. The highest BCUT2D eigenvalue weighted by Crippen LogP contribution is 2.25. The monoisotopic (exact) mass is 376 g/mol. The molecule has 0 aliphatic carbocycles. The summed E-state index contributed by atoms with van der Waals surface area (Å²) < 4.78 is 7.78. The standard InChI is InChI=1S/C21H20N4OS/c1-2-25-19(13-16-9-5-3-6-10-16)23-24-21(25)27-15-18-14-26-20(22-18)17-11-7-4-8-12-17/h3-12,14H,2,13,15H2,1H3. The molecule has 0 fully saturated rings. The third-order valence-electron chi connectivity index (χ3n) is 4.24. The molecule has 2 heterocycles. The average molecular weight is 376 g/mol. The van der Waals surface area contributed by atoms with Crippen LogP contribution in [0.4, 0.5) is 0 Å². The molecule has 0 radical (unpaired) electrons. The zero-order valence-corrected chi connectivity index (χ0v) is 15.9. The Kier molecular flexibility index (Phi) is 5.34. The Balaban J connectivity index is 1.45. The van der Waals surface area contributed by atoms with Crippen LogP contribution in [0, 0.1) is 0 Å². The Hall–Kier alpha value is -2.86. The fourth-order valence-corrected chi connectivity index (χ4v) is 3.78. The third kappa shape index (κ3) is 4.11. The molecule has 6 heteroatoms. The van der Waals surface area contributed by atoms with Crippen molar-refractivity contribution in [2.75, 3.05) is 0 Å². The molecule has 0 saturated carbocycles. The third-order valence-corrected chi connectivity index (χ3v) is 5.24. The van der Waals surface area contributed by atoms with Crippen LogP contribution in [0.25, 0.3) is 11.5 Å². The van der Waals surface area contributed by atoms with Crippen molar-refractivity contribution in [2.45, 2.75) is 30.8 Å². The molecule has 5 nitrogen and oxygen atoms in total. The first-order valence-corrected chi connectivity index (χ1v) is 9.90. The largest absolute Gasteiger partial charge is 0.444 e. The summed E-state index contributed by atoms with van der Waals surface area (Å²) >= 11 is 1.63. The van der Waals surface area contributed by atoms with Crippen LogP contribution in [0.5, 0.6) is 0 Å². The smallest absolute Gasteiger partial charge is 0.226 e. The van der Waals surface area contributed by atoms with Crippen LogP contribution in [-0.4, -0.2) is 19.7 Å². The highest BCUT2D eigenvalue weighted by Gasteiger charge is 2.13. The van der Waals surface area contributed by atoms with E-state index in [0.29, 0.717) is 11.6 Å². The molecule has 0 atom stereocenters. The van der Waals surface area contributed by atoms with E-state index in [1.165, 1.54) is 5.56 Å². The lowest BCUT2D eigenvalue weighted by Crippen LogP contribution is -2.04. The van der Waals surface area contributed by atoms with Crippen LogP contribution in [0.2, 0.25) is 0 Å². The maximum Gasteiger partial charge on any atom is 0.226 e. The highest BCUT2D eigenvalue weighted by atomic mass is 32.2. The van der Waals surface area contributed by atoms with E-state index in [1.54, 1.807) is 18.0 Å². The molecule has 2 aromatic heterocycles. The minimum Gasteiger partial charge on any atom is -0.444 e. The van der Waals surface area contributed by atoms with Crippen LogP contribution in [-0.2, 0) is 18.7 Å². The van der Waals surface area contributed by atoms with Gasteiger partial charge in [-0.2, -0.15) is 0 Å². The van der Waals surface area contributed by atoms with Gasteiger partial charge in [-0.1, -0.05) is 60.3 Å². The van der Waals surface area contributed by atoms with E-state index < -0.39 is 0 Å². The lowest BCUT2D eigenvalue weighted by Gasteiger charge is -2.06. The molecule has 4 rings (SSSR count). The van der Waals surface area contributed by atoms with Gasteiger partial charge in [-0.05, 0) is 24.6 Å². The number of hydrogen-bond donors (Lipinski definition) is 0. The van der Waals surface area contributed by atoms with Gasteiger partial charge in [-0.25, -0.2) is 4.98 Å². The van der Waals surface area contributed by atoms with E-state index in [2.05, 4.69) is 38.8 Å². The molecule has 27 heavy (non-hydrogen) atoms. The van der Waals surface area contributed by atoms with Gasteiger partial charge in [-0.15, -0.1) is 10.2 Å². The summed E-state index contributed by atoms with van der Waals surface area (Å²) in [5.41, 5.74) is 3.12. The molecule has 0 aliphatic rings. The number of hydrogen-bond acceptors (Lipinski definition) is 5. The molecule has 4 aromatic rings. The second-order valence-electron chi connectivity index (χ2n) is 6.10. The molecule has 0 aliphatic heterocycles. The van der Waals surface area contributed by atoms with Crippen molar-refractivity contribution in [1.82, 2.24) is 19.7 Å². The van der Waals surface area contributed by atoms with Gasteiger partial charge in [0.2, 0.25) is 5.89 Å². The fraction of sp³-hybridized carbons (Fsp3) is 0.190. The molecule has 2 aromatic carbocycles. The van der Waals surface area contributed by atoms with E-state index in [1.807, 2.05) is 48.5 Å². The Morgan fingerprint density at radius 2 is 1.70 bits per heavy atom. The minimum atomic E-state index is 0.646. The molecule has 0 amide bonds. The van der Waals surface area contributed by atoms with Crippen molar-refractivity contribution < 1.29 is 4.42 Å². The number of oxazole rings is 1. The first-order valence-electron chi connectivity index (χ1n) is 8.92.